The number of imidazole rings is 1. The minimum Gasteiger partial charge on any atom is -0.325 e. The molecule has 1 aliphatic rings. The summed E-state index contributed by atoms with van der Waals surface area (Å²) in [7, 11) is 0. The number of nitrogens with zero attached hydrogens (tertiary/aromatic N) is 3. The molecule has 3 rings (SSSR count). The van der Waals surface area contributed by atoms with Gasteiger partial charge in [-0.1, -0.05) is 19.1 Å². The van der Waals surface area contributed by atoms with Crippen molar-refractivity contribution in [2.75, 3.05) is 25.5 Å². The van der Waals surface area contributed by atoms with Crippen molar-refractivity contribution in [3.63, 3.8) is 0 Å². The summed E-state index contributed by atoms with van der Waals surface area (Å²) >= 11 is 5.98. The molecule has 1 saturated heterocycles. The standard InChI is InChI=1S/C17H24ClN3/c1-2-11-20-12-8-14(9-13-20)21-16-6-4-3-5-15(16)19-17(21)7-10-18/h3-6,14H,2,7-13H2,1H3. The van der Waals surface area contributed by atoms with Gasteiger partial charge in [0.25, 0.3) is 0 Å². The minimum atomic E-state index is 0.573. The summed E-state index contributed by atoms with van der Waals surface area (Å²) in [5.41, 5.74) is 2.38. The van der Waals surface area contributed by atoms with Gasteiger partial charge in [0.2, 0.25) is 0 Å². The van der Waals surface area contributed by atoms with E-state index in [1.54, 1.807) is 0 Å². The third-order valence-electron chi connectivity index (χ3n) is 4.45. The largest absolute Gasteiger partial charge is 0.325 e. The van der Waals surface area contributed by atoms with Gasteiger partial charge in [-0.05, 0) is 37.9 Å². The molecule has 0 aliphatic carbocycles. The highest BCUT2D eigenvalue weighted by atomic mass is 35.5. The molecule has 0 unspecified atom stereocenters. The topological polar surface area (TPSA) is 21.1 Å². The third-order valence-corrected chi connectivity index (χ3v) is 4.64. The number of piperidine rings is 1. The molecular weight excluding hydrogens is 282 g/mol. The van der Waals surface area contributed by atoms with Gasteiger partial charge in [0.05, 0.1) is 11.0 Å². The predicted molar refractivity (Wildman–Crippen MR) is 89.2 cm³/mol. The number of alkyl halides is 1. The normalized spacial score (nSPS) is 17.6. The van der Waals surface area contributed by atoms with Gasteiger partial charge >= 0.3 is 0 Å². The lowest BCUT2D eigenvalue weighted by molar-refractivity contribution is 0.187. The van der Waals surface area contributed by atoms with Gasteiger partial charge in [-0.2, -0.15) is 0 Å². The summed E-state index contributed by atoms with van der Waals surface area (Å²) in [6.45, 7) is 5.89. The van der Waals surface area contributed by atoms with Crippen LogP contribution in [0.1, 0.15) is 38.1 Å². The average Bonchev–Trinajstić information content (AvgIpc) is 2.87. The van der Waals surface area contributed by atoms with Crippen LogP contribution in [0.4, 0.5) is 0 Å². The van der Waals surface area contributed by atoms with Crippen molar-refractivity contribution in [1.29, 1.82) is 0 Å². The fourth-order valence-electron chi connectivity index (χ4n) is 3.48. The van der Waals surface area contributed by atoms with E-state index in [1.807, 2.05) is 0 Å². The molecule has 1 aliphatic heterocycles. The first kappa shape index (κ1) is 14.9. The van der Waals surface area contributed by atoms with Crippen molar-refractivity contribution in [3.05, 3.63) is 30.1 Å². The van der Waals surface area contributed by atoms with Crippen LogP contribution in [0.25, 0.3) is 11.0 Å². The number of para-hydroxylation sites is 2. The van der Waals surface area contributed by atoms with E-state index in [0.29, 0.717) is 11.9 Å². The maximum absolute atomic E-state index is 5.98. The second-order valence-corrected chi connectivity index (χ2v) is 6.28. The van der Waals surface area contributed by atoms with Crippen LogP contribution in [-0.4, -0.2) is 40.0 Å². The van der Waals surface area contributed by atoms with Gasteiger partial charge in [-0.3, -0.25) is 0 Å². The Morgan fingerprint density at radius 1 is 1.24 bits per heavy atom. The van der Waals surface area contributed by atoms with Gasteiger partial charge in [0.1, 0.15) is 5.82 Å². The van der Waals surface area contributed by atoms with Crippen LogP contribution in [0, 0.1) is 0 Å². The van der Waals surface area contributed by atoms with E-state index in [9.17, 15) is 0 Å². The minimum absolute atomic E-state index is 0.573. The summed E-state index contributed by atoms with van der Waals surface area (Å²) < 4.78 is 2.46. The molecule has 21 heavy (non-hydrogen) atoms. The summed E-state index contributed by atoms with van der Waals surface area (Å²) in [5.74, 6) is 1.79. The quantitative estimate of drug-likeness (QED) is 0.782. The number of hydrogen-bond donors (Lipinski definition) is 0. The van der Waals surface area contributed by atoms with E-state index >= 15 is 0 Å². The summed E-state index contributed by atoms with van der Waals surface area (Å²) in [5, 5.41) is 0. The zero-order valence-electron chi connectivity index (χ0n) is 12.8. The Balaban J connectivity index is 1.87. The zero-order chi connectivity index (χ0) is 14.7. The fraction of sp³-hybridized carbons (Fsp3) is 0.588. The Morgan fingerprint density at radius 2 is 2.00 bits per heavy atom. The van der Waals surface area contributed by atoms with E-state index in [-0.39, 0.29) is 0 Å². The smallest absolute Gasteiger partial charge is 0.111 e. The molecular formula is C17H24ClN3. The monoisotopic (exact) mass is 305 g/mol. The van der Waals surface area contributed by atoms with Crippen molar-refractivity contribution in [2.24, 2.45) is 0 Å². The maximum Gasteiger partial charge on any atom is 0.111 e. The average molecular weight is 306 g/mol. The molecule has 0 atom stereocenters. The SMILES string of the molecule is CCCN1CCC(n2c(CCCl)nc3ccccc32)CC1. The Hall–Kier alpha value is -1.06. The molecule has 2 aromatic rings. The molecule has 0 bridgehead atoms. The Bertz CT molecular complexity index is 585. The Morgan fingerprint density at radius 3 is 2.71 bits per heavy atom. The van der Waals surface area contributed by atoms with Crippen LogP contribution < -0.4 is 0 Å². The first-order valence-electron chi connectivity index (χ1n) is 8.07. The number of likely N-dealkylation sites (tertiary alicyclic amines) is 1. The third kappa shape index (κ3) is 3.09. The molecule has 0 radical (unpaired) electrons. The lowest BCUT2D eigenvalue weighted by atomic mass is 10.0. The van der Waals surface area contributed by atoms with Crippen LogP contribution in [0.5, 0.6) is 0 Å². The summed E-state index contributed by atoms with van der Waals surface area (Å²) in [6, 6.07) is 9.04. The second-order valence-electron chi connectivity index (χ2n) is 5.90. The first-order chi connectivity index (χ1) is 10.3. The van der Waals surface area contributed by atoms with Crippen LogP contribution in [0.3, 0.4) is 0 Å². The van der Waals surface area contributed by atoms with Gasteiger partial charge < -0.3 is 9.47 Å². The van der Waals surface area contributed by atoms with E-state index in [0.717, 1.165) is 17.8 Å². The molecule has 2 heterocycles. The molecule has 4 heteroatoms. The number of fused-ring (bicyclic) bond motifs is 1. The van der Waals surface area contributed by atoms with Crippen LogP contribution in [0.2, 0.25) is 0 Å². The molecule has 114 valence electrons. The number of halogens is 1. The van der Waals surface area contributed by atoms with Crippen LogP contribution in [0.15, 0.2) is 24.3 Å². The molecule has 0 spiro atoms. The molecule has 0 N–H and O–H groups in total. The predicted octanol–water partition coefficient (Wildman–Crippen LogP) is 3.86. The number of benzene rings is 1. The highest BCUT2D eigenvalue weighted by Gasteiger charge is 2.23. The lowest BCUT2D eigenvalue weighted by Gasteiger charge is -2.33. The zero-order valence-corrected chi connectivity index (χ0v) is 13.5. The molecule has 1 aromatic carbocycles. The highest BCUT2D eigenvalue weighted by Crippen LogP contribution is 2.29. The van der Waals surface area contributed by atoms with Crippen molar-refractivity contribution in [3.8, 4) is 0 Å². The van der Waals surface area contributed by atoms with Gasteiger partial charge in [-0.25, -0.2) is 4.98 Å². The Kier molecular flexibility index (Phi) is 4.81. The van der Waals surface area contributed by atoms with E-state index in [1.165, 1.54) is 44.4 Å². The number of hydrogen-bond acceptors (Lipinski definition) is 2. The fourth-order valence-corrected chi connectivity index (χ4v) is 3.65. The molecule has 0 amide bonds. The van der Waals surface area contributed by atoms with Crippen LogP contribution >= 0.6 is 11.6 Å². The number of aromatic nitrogens is 2. The second kappa shape index (κ2) is 6.80. The number of rotatable bonds is 5. The van der Waals surface area contributed by atoms with Crippen LogP contribution in [-0.2, 0) is 6.42 Å². The van der Waals surface area contributed by atoms with Gasteiger partial charge in [0.15, 0.2) is 0 Å². The maximum atomic E-state index is 5.98. The molecule has 3 nitrogen and oxygen atoms in total. The molecule has 1 aromatic heterocycles. The first-order valence-corrected chi connectivity index (χ1v) is 8.61. The van der Waals surface area contributed by atoms with Gasteiger partial charge in [-0.15, -0.1) is 11.6 Å². The van der Waals surface area contributed by atoms with Crippen molar-refractivity contribution < 1.29 is 0 Å². The Labute approximate surface area is 131 Å². The van der Waals surface area contributed by atoms with E-state index < -0.39 is 0 Å². The van der Waals surface area contributed by atoms with Crippen molar-refractivity contribution in [2.45, 2.75) is 38.6 Å². The highest BCUT2D eigenvalue weighted by molar-refractivity contribution is 6.17. The lowest BCUT2D eigenvalue weighted by Crippen LogP contribution is -2.35. The molecule has 0 saturated carbocycles. The van der Waals surface area contributed by atoms with E-state index in [4.69, 9.17) is 16.6 Å². The van der Waals surface area contributed by atoms with Gasteiger partial charge in [0, 0.05) is 31.4 Å². The van der Waals surface area contributed by atoms with Crippen molar-refractivity contribution in [1.82, 2.24) is 14.5 Å². The summed E-state index contributed by atoms with van der Waals surface area (Å²) in [4.78, 5) is 7.38. The van der Waals surface area contributed by atoms with E-state index in [2.05, 4.69) is 40.7 Å². The molecule has 1 fully saturated rings. The number of aryl methyl sites for hydroxylation is 1. The summed E-state index contributed by atoms with van der Waals surface area (Å²) in [6.07, 6.45) is 4.53. The van der Waals surface area contributed by atoms with Crippen molar-refractivity contribution >= 4 is 22.6 Å².